The summed E-state index contributed by atoms with van der Waals surface area (Å²) in [4.78, 5) is 11.5. The van der Waals surface area contributed by atoms with Gasteiger partial charge in [0.05, 0.1) is 0 Å². The van der Waals surface area contributed by atoms with E-state index in [4.69, 9.17) is 5.73 Å². The molecule has 1 amide bonds. The lowest BCUT2D eigenvalue weighted by atomic mass is 10.1. The van der Waals surface area contributed by atoms with E-state index in [1.165, 1.54) is 24.3 Å². The Hall–Kier alpha value is -1.76. The van der Waals surface area contributed by atoms with Gasteiger partial charge in [0.25, 0.3) is 0 Å². The summed E-state index contributed by atoms with van der Waals surface area (Å²) < 4.78 is 39.7. The molecule has 0 aliphatic carbocycles. The van der Waals surface area contributed by atoms with Gasteiger partial charge in [-0.2, -0.15) is 0 Å². The summed E-state index contributed by atoms with van der Waals surface area (Å²) in [5.74, 6) is -0.416. The Bertz CT molecular complexity index is 432. The summed E-state index contributed by atoms with van der Waals surface area (Å²) in [5.41, 5.74) is 6.13. The highest BCUT2D eigenvalue weighted by Crippen LogP contribution is 2.22. The number of benzene rings is 1. The smallest absolute Gasteiger partial charge is 0.406 e. The molecule has 0 aliphatic rings. The van der Waals surface area contributed by atoms with E-state index in [2.05, 4.69) is 10.1 Å². The number of nitrogens with one attached hydrogen (secondary N) is 1. The van der Waals surface area contributed by atoms with Crippen molar-refractivity contribution in [3.05, 3.63) is 29.8 Å². The Morgan fingerprint density at radius 2 is 1.95 bits per heavy atom. The van der Waals surface area contributed by atoms with Gasteiger partial charge in [0, 0.05) is 19.0 Å². The van der Waals surface area contributed by atoms with Gasteiger partial charge in [0.2, 0.25) is 5.91 Å². The second kappa shape index (κ2) is 7.14. The van der Waals surface area contributed by atoms with Crippen molar-refractivity contribution in [1.82, 2.24) is 5.32 Å². The topological polar surface area (TPSA) is 64.3 Å². The third-order valence-corrected chi connectivity index (χ3v) is 2.56. The predicted octanol–water partition coefficient (Wildman–Crippen LogP) is 1.98. The lowest BCUT2D eigenvalue weighted by Gasteiger charge is -2.11. The SMILES string of the molecule is C[C@@H](CN)NC(=O)CCc1ccc(OC(F)(F)F)cc1. The van der Waals surface area contributed by atoms with Crippen LogP contribution in [0.25, 0.3) is 0 Å². The van der Waals surface area contributed by atoms with E-state index in [9.17, 15) is 18.0 Å². The Kier molecular flexibility index (Phi) is 5.82. The van der Waals surface area contributed by atoms with Gasteiger partial charge < -0.3 is 15.8 Å². The minimum atomic E-state index is -4.69. The van der Waals surface area contributed by atoms with Crippen molar-refractivity contribution >= 4 is 5.91 Å². The maximum Gasteiger partial charge on any atom is 0.573 e. The molecule has 112 valence electrons. The van der Waals surface area contributed by atoms with Crippen LogP contribution < -0.4 is 15.8 Å². The molecule has 0 aliphatic heterocycles. The van der Waals surface area contributed by atoms with Crippen molar-refractivity contribution in [3.8, 4) is 5.75 Å². The summed E-state index contributed by atoms with van der Waals surface area (Å²) >= 11 is 0. The van der Waals surface area contributed by atoms with Crippen LogP contribution in [0.2, 0.25) is 0 Å². The highest BCUT2D eigenvalue weighted by molar-refractivity contribution is 5.76. The predicted molar refractivity (Wildman–Crippen MR) is 68.1 cm³/mol. The number of nitrogens with two attached hydrogens (primary N) is 1. The number of carbonyl (C=O) groups is 1. The van der Waals surface area contributed by atoms with Crippen LogP contribution in [0.5, 0.6) is 5.75 Å². The first-order valence-electron chi connectivity index (χ1n) is 6.14. The summed E-state index contributed by atoms with van der Waals surface area (Å²) in [6, 6.07) is 5.36. The molecule has 0 fully saturated rings. The van der Waals surface area contributed by atoms with E-state index in [1.807, 2.05) is 0 Å². The first kappa shape index (κ1) is 16.3. The summed E-state index contributed by atoms with van der Waals surface area (Å²) in [5, 5.41) is 2.70. The molecule has 4 nitrogen and oxygen atoms in total. The van der Waals surface area contributed by atoms with Crippen LogP contribution >= 0.6 is 0 Å². The quantitative estimate of drug-likeness (QED) is 0.842. The molecular formula is C13H17F3N2O2. The fourth-order valence-electron chi connectivity index (χ4n) is 1.52. The number of hydrogen-bond donors (Lipinski definition) is 2. The van der Waals surface area contributed by atoms with Crippen molar-refractivity contribution in [2.75, 3.05) is 6.54 Å². The molecular weight excluding hydrogens is 273 g/mol. The Morgan fingerprint density at radius 1 is 1.35 bits per heavy atom. The third-order valence-electron chi connectivity index (χ3n) is 2.56. The zero-order valence-electron chi connectivity index (χ0n) is 11.0. The fourth-order valence-corrected chi connectivity index (χ4v) is 1.52. The summed E-state index contributed by atoms with van der Waals surface area (Å²) in [6.07, 6.45) is -4.00. The van der Waals surface area contributed by atoms with Gasteiger partial charge in [-0.15, -0.1) is 13.2 Å². The molecule has 0 heterocycles. The summed E-state index contributed by atoms with van der Waals surface area (Å²) in [7, 11) is 0. The molecule has 0 saturated heterocycles. The monoisotopic (exact) mass is 290 g/mol. The third kappa shape index (κ3) is 6.42. The largest absolute Gasteiger partial charge is 0.573 e. The average Bonchev–Trinajstić information content (AvgIpc) is 2.36. The van der Waals surface area contributed by atoms with Gasteiger partial charge in [0.15, 0.2) is 0 Å². The lowest BCUT2D eigenvalue weighted by molar-refractivity contribution is -0.274. The Morgan fingerprint density at radius 3 is 2.45 bits per heavy atom. The molecule has 0 unspecified atom stereocenters. The van der Waals surface area contributed by atoms with E-state index in [-0.39, 0.29) is 24.1 Å². The molecule has 3 N–H and O–H groups in total. The van der Waals surface area contributed by atoms with E-state index in [0.717, 1.165) is 5.56 Å². The number of alkyl halides is 3. The van der Waals surface area contributed by atoms with Crippen LogP contribution in [-0.2, 0) is 11.2 Å². The molecule has 0 saturated carbocycles. The van der Waals surface area contributed by atoms with Gasteiger partial charge in [0.1, 0.15) is 5.75 Å². The number of amides is 1. The van der Waals surface area contributed by atoms with Crippen LogP contribution in [0.15, 0.2) is 24.3 Å². The van der Waals surface area contributed by atoms with Crippen LogP contribution in [-0.4, -0.2) is 24.9 Å². The fraction of sp³-hybridized carbons (Fsp3) is 0.462. The number of rotatable bonds is 6. The molecule has 1 rings (SSSR count). The Labute approximate surface area is 115 Å². The zero-order valence-corrected chi connectivity index (χ0v) is 11.0. The van der Waals surface area contributed by atoms with Crippen LogP contribution in [0.4, 0.5) is 13.2 Å². The number of carbonyl (C=O) groups excluding carboxylic acids is 1. The molecule has 1 aromatic carbocycles. The molecule has 1 atom stereocenters. The van der Waals surface area contributed by atoms with Crippen LogP contribution in [0.3, 0.4) is 0 Å². The van der Waals surface area contributed by atoms with Crippen LogP contribution in [0.1, 0.15) is 18.9 Å². The Balaban J connectivity index is 2.44. The van der Waals surface area contributed by atoms with Crippen molar-refractivity contribution in [2.24, 2.45) is 5.73 Å². The van der Waals surface area contributed by atoms with Gasteiger partial charge >= 0.3 is 6.36 Å². The summed E-state index contributed by atoms with van der Waals surface area (Å²) in [6.45, 7) is 2.15. The molecule has 0 aromatic heterocycles. The lowest BCUT2D eigenvalue weighted by Crippen LogP contribution is -2.37. The van der Waals surface area contributed by atoms with Gasteiger partial charge in [-0.3, -0.25) is 4.79 Å². The van der Waals surface area contributed by atoms with E-state index in [1.54, 1.807) is 6.92 Å². The second-order valence-corrected chi connectivity index (χ2v) is 4.40. The van der Waals surface area contributed by atoms with Crippen molar-refractivity contribution in [3.63, 3.8) is 0 Å². The minimum absolute atomic E-state index is 0.0925. The number of halogens is 3. The average molecular weight is 290 g/mol. The molecule has 0 bridgehead atoms. The normalized spacial score (nSPS) is 12.8. The first-order valence-corrected chi connectivity index (χ1v) is 6.14. The molecule has 0 spiro atoms. The maximum absolute atomic E-state index is 12.0. The second-order valence-electron chi connectivity index (χ2n) is 4.40. The number of ether oxygens (including phenoxy) is 1. The highest BCUT2D eigenvalue weighted by Gasteiger charge is 2.30. The van der Waals surface area contributed by atoms with Crippen LogP contribution in [0, 0.1) is 0 Å². The first-order chi connectivity index (χ1) is 9.30. The van der Waals surface area contributed by atoms with E-state index in [0.29, 0.717) is 13.0 Å². The minimum Gasteiger partial charge on any atom is -0.406 e. The standard InChI is InChI=1S/C13H17F3N2O2/c1-9(8-17)18-12(19)7-4-10-2-5-11(6-3-10)20-13(14,15)16/h2-3,5-6,9H,4,7-8,17H2,1H3,(H,18,19)/t9-/m0/s1. The van der Waals surface area contributed by atoms with Crippen molar-refractivity contribution in [2.45, 2.75) is 32.2 Å². The molecule has 20 heavy (non-hydrogen) atoms. The number of hydrogen-bond acceptors (Lipinski definition) is 3. The van der Waals surface area contributed by atoms with Gasteiger partial charge in [-0.25, -0.2) is 0 Å². The van der Waals surface area contributed by atoms with E-state index < -0.39 is 6.36 Å². The zero-order chi connectivity index (χ0) is 15.2. The van der Waals surface area contributed by atoms with Gasteiger partial charge in [-0.05, 0) is 31.0 Å². The maximum atomic E-state index is 12.0. The van der Waals surface area contributed by atoms with Gasteiger partial charge in [-0.1, -0.05) is 12.1 Å². The molecule has 0 radical (unpaired) electrons. The van der Waals surface area contributed by atoms with E-state index >= 15 is 0 Å². The van der Waals surface area contributed by atoms with Crippen molar-refractivity contribution < 1.29 is 22.7 Å². The molecule has 7 heteroatoms. The number of aryl methyl sites for hydroxylation is 1. The highest BCUT2D eigenvalue weighted by atomic mass is 19.4. The molecule has 1 aromatic rings. The van der Waals surface area contributed by atoms with Crippen molar-refractivity contribution in [1.29, 1.82) is 0 Å².